The summed E-state index contributed by atoms with van der Waals surface area (Å²) in [5, 5.41) is 2.60. The molecule has 0 fully saturated rings. The quantitative estimate of drug-likeness (QED) is 0.757. The molecular formula is C16H24N6O4. The summed E-state index contributed by atoms with van der Waals surface area (Å²) in [6.45, 7) is 7.14. The molecule has 26 heavy (non-hydrogen) atoms. The summed E-state index contributed by atoms with van der Waals surface area (Å²) in [7, 11) is 1.26. The van der Waals surface area contributed by atoms with Crippen molar-refractivity contribution in [1.82, 2.24) is 24.8 Å². The van der Waals surface area contributed by atoms with Crippen LogP contribution in [0.15, 0.2) is 12.7 Å². The second-order valence-electron chi connectivity index (χ2n) is 7.07. The molecule has 0 spiro atoms. The summed E-state index contributed by atoms with van der Waals surface area (Å²) >= 11 is 0. The van der Waals surface area contributed by atoms with Gasteiger partial charge in [0.25, 0.3) is 0 Å². The van der Waals surface area contributed by atoms with Crippen molar-refractivity contribution >= 4 is 29.0 Å². The second kappa shape index (κ2) is 7.14. The zero-order chi connectivity index (χ0) is 19.5. The number of aryl methyl sites for hydroxylation is 1. The average Bonchev–Trinajstić information content (AvgIpc) is 2.95. The van der Waals surface area contributed by atoms with Crippen molar-refractivity contribution in [2.24, 2.45) is 0 Å². The molecule has 1 atom stereocenters. The van der Waals surface area contributed by atoms with Gasteiger partial charge in [-0.1, -0.05) is 0 Å². The monoisotopic (exact) mass is 364 g/mol. The van der Waals surface area contributed by atoms with Crippen LogP contribution in [0.1, 0.15) is 34.1 Å². The van der Waals surface area contributed by atoms with Gasteiger partial charge >= 0.3 is 12.1 Å². The van der Waals surface area contributed by atoms with E-state index in [9.17, 15) is 9.59 Å². The van der Waals surface area contributed by atoms with E-state index >= 15 is 0 Å². The topological polar surface area (TPSA) is 134 Å². The minimum absolute atomic E-state index is 0.230. The van der Waals surface area contributed by atoms with E-state index in [-0.39, 0.29) is 12.2 Å². The predicted molar refractivity (Wildman–Crippen MR) is 94.1 cm³/mol. The summed E-state index contributed by atoms with van der Waals surface area (Å²) in [6, 6.07) is 0. The van der Waals surface area contributed by atoms with Crippen molar-refractivity contribution in [2.45, 2.75) is 51.8 Å². The van der Waals surface area contributed by atoms with Gasteiger partial charge in [-0.05, 0) is 34.1 Å². The van der Waals surface area contributed by atoms with E-state index in [1.54, 1.807) is 38.6 Å². The van der Waals surface area contributed by atoms with Crippen molar-refractivity contribution in [3.8, 4) is 0 Å². The molecule has 0 radical (unpaired) electrons. The van der Waals surface area contributed by atoms with Crippen molar-refractivity contribution in [1.29, 1.82) is 0 Å². The van der Waals surface area contributed by atoms with Crippen molar-refractivity contribution < 1.29 is 19.1 Å². The lowest BCUT2D eigenvalue weighted by Crippen LogP contribution is -2.54. The molecule has 10 nitrogen and oxygen atoms in total. The molecule has 2 aromatic rings. The van der Waals surface area contributed by atoms with Crippen molar-refractivity contribution in [2.75, 3.05) is 12.8 Å². The Balaban J connectivity index is 2.18. The third-order valence-electron chi connectivity index (χ3n) is 3.69. The van der Waals surface area contributed by atoms with E-state index in [0.29, 0.717) is 17.7 Å². The first-order valence-corrected chi connectivity index (χ1v) is 8.06. The number of amides is 1. The number of aromatic nitrogens is 4. The van der Waals surface area contributed by atoms with Gasteiger partial charge in [-0.15, -0.1) is 0 Å². The lowest BCUT2D eigenvalue weighted by Gasteiger charge is -2.29. The van der Waals surface area contributed by atoms with Gasteiger partial charge in [-0.25, -0.2) is 24.5 Å². The Morgan fingerprint density at radius 2 is 1.92 bits per heavy atom. The van der Waals surface area contributed by atoms with Crippen LogP contribution in [0.25, 0.3) is 11.2 Å². The SMILES string of the molecule is COC(=O)[C@@](C)(CCn1cnc2c(N)ncnc21)NC(=O)OC(C)(C)C. The van der Waals surface area contributed by atoms with Crippen LogP contribution in [0.4, 0.5) is 10.6 Å². The molecular weight excluding hydrogens is 340 g/mol. The van der Waals surface area contributed by atoms with E-state index in [0.717, 1.165) is 0 Å². The number of ether oxygens (including phenoxy) is 2. The molecule has 3 N–H and O–H groups in total. The molecule has 142 valence electrons. The third kappa shape index (κ3) is 4.38. The van der Waals surface area contributed by atoms with Gasteiger partial charge < -0.3 is 25.1 Å². The molecule has 2 rings (SSSR count). The van der Waals surface area contributed by atoms with Gasteiger partial charge in [-0.2, -0.15) is 0 Å². The minimum atomic E-state index is -1.29. The normalized spacial score (nSPS) is 13.9. The number of rotatable bonds is 5. The molecule has 10 heteroatoms. The molecule has 1 amide bonds. The highest BCUT2D eigenvalue weighted by Gasteiger charge is 2.37. The maximum atomic E-state index is 12.2. The number of imidazole rings is 1. The molecule has 0 aromatic carbocycles. The van der Waals surface area contributed by atoms with Gasteiger partial charge in [0.15, 0.2) is 11.5 Å². The Hall–Kier alpha value is -2.91. The van der Waals surface area contributed by atoms with Crippen molar-refractivity contribution in [3.63, 3.8) is 0 Å². The third-order valence-corrected chi connectivity index (χ3v) is 3.69. The van der Waals surface area contributed by atoms with Gasteiger partial charge in [-0.3, -0.25) is 0 Å². The van der Waals surface area contributed by atoms with Gasteiger partial charge in [0.1, 0.15) is 23.0 Å². The van der Waals surface area contributed by atoms with E-state index in [4.69, 9.17) is 15.2 Å². The number of carbonyl (C=O) groups is 2. The second-order valence-corrected chi connectivity index (χ2v) is 7.07. The predicted octanol–water partition coefficient (Wildman–Crippen LogP) is 1.25. The largest absolute Gasteiger partial charge is 0.467 e. The number of nitrogens with one attached hydrogen (secondary N) is 1. The number of nitrogens with two attached hydrogens (primary N) is 1. The lowest BCUT2D eigenvalue weighted by molar-refractivity contribution is -0.148. The molecule has 0 saturated carbocycles. The molecule has 0 aliphatic heterocycles. The van der Waals surface area contributed by atoms with Crippen LogP contribution in [0.5, 0.6) is 0 Å². The maximum Gasteiger partial charge on any atom is 0.408 e. The number of anilines is 1. The first-order chi connectivity index (χ1) is 12.1. The van der Waals surface area contributed by atoms with Gasteiger partial charge in [0.05, 0.1) is 13.4 Å². The summed E-state index contributed by atoms with van der Waals surface area (Å²) in [5.74, 6) is -0.307. The molecule has 2 heterocycles. The minimum Gasteiger partial charge on any atom is -0.467 e. The van der Waals surface area contributed by atoms with Gasteiger partial charge in [0, 0.05) is 6.54 Å². The van der Waals surface area contributed by atoms with E-state index in [1.807, 2.05) is 0 Å². The molecule has 2 aromatic heterocycles. The average molecular weight is 364 g/mol. The van der Waals surface area contributed by atoms with Crippen LogP contribution in [0.2, 0.25) is 0 Å². The summed E-state index contributed by atoms with van der Waals surface area (Å²) in [6.07, 6.45) is 2.43. The highest BCUT2D eigenvalue weighted by molar-refractivity contribution is 5.85. The van der Waals surface area contributed by atoms with Crippen LogP contribution in [-0.4, -0.2) is 49.8 Å². The molecule has 0 aliphatic carbocycles. The number of nitrogen functional groups attached to an aromatic ring is 1. The summed E-state index contributed by atoms with van der Waals surface area (Å²) < 4.78 is 11.8. The van der Waals surface area contributed by atoms with Crippen molar-refractivity contribution in [3.05, 3.63) is 12.7 Å². The number of nitrogens with zero attached hydrogens (tertiary/aromatic N) is 4. The number of esters is 1. The first-order valence-electron chi connectivity index (χ1n) is 8.06. The number of hydrogen-bond acceptors (Lipinski definition) is 8. The maximum absolute atomic E-state index is 12.2. The Labute approximate surface area is 151 Å². The molecule has 0 bridgehead atoms. The fourth-order valence-electron chi connectivity index (χ4n) is 2.38. The molecule has 0 saturated heterocycles. The first kappa shape index (κ1) is 19.4. The Morgan fingerprint density at radius 1 is 1.23 bits per heavy atom. The standard InChI is InChI=1S/C16H24N6O4/c1-15(2,3)26-14(24)21-16(4,13(23)25-5)6-7-22-9-20-10-11(17)18-8-19-12(10)22/h8-9H,6-7H2,1-5H3,(H,21,24)(H2,17,18,19)/t16-/m1/s1. The smallest absolute Gasteiger partial charge is 0.408 e. The Bertz CT molecular complexity index is 813. The lowest BCUT2D eigenvalue weighted by atomic mass is 9.98. The number of fused-ring (bicyclic) bond motifs is 1. The van der Waals surface area contributed by atoms with Crippen LogP contribution < -0.4 is 11.1 Å². The zero-order valence-electron chi connectivity index (χ0n) is 15.6. The number of carbonyl (C=O) groups excluding carboxylic acids is 2. The van der Waals surface area contributed by atoms with E-state index in [1.165, 1.54) is 13.4 Å². The number of alkyl carbamates (subject to hydrolysis) is 1. The Kier molecular flexibility index (Phi) is 5.33. The van der Waals surface area contributed by atoms with E-state index in [2.05, 4.69) is 20.3 Å². The van der Waals surface area contributed by atoms with Crippen LogP contribution in [0, 0.1) is 0 Å². The van der Waals surface area contributed by atoms with E-state index < -0.39 is 23.2 Å². The zero-order valence-corrected chi connectivity index (χ0v) is 15.6. The van der Waals surface area contributed by atoms with Gasteiger partial charge in [0.2, 0.25) is 0 Å². The molecule has 0 aliphatic rings. The highest BCUT2D eigenvalue weighted by atomic mass is 16.6. The summed E-state index contributed by atoms with van der Waals surface area (Å²) in [4.78, 5) is 36.6. The van der Waals surface area contributed by atoms with Crippen LogP contribution in [-0.2, 0) is 20.8 Å². The highest BCUT2D eigenvalue weighted by Crippen LogP contribution is 2.19. The van der Waals surface area contributed by atoms with Crippen LogP contribution >= 0.6 is 0 Å². The molecule has 0 unspecified atom stereocenters. The number of methoxy groups -OCH3 is 1. The van der Waals surface area contributed by atoms with Crippen LogP contribution in [0.3, 0.4) is 0 Å². The fourth-order valence-corrected chi connectivity index (χ4v) is 2.38. The summed E-state index contributed by atoms with van der Waals surface area (Å²) in [5.41, 5.74) is 4.82. The number of hydrogen-bond donors (Lipinski definition) is 2. The fraction of sp³-hybridized carbons (Fsp3) is 0.562. The Morgan fingerprint density at radius 3 is 2.54 bits per heavy atom.